The van der Waals surface area contributed by atoms with Gasteiger partial charge in [0.2, 0.25) is 5.91 Å². The SMILES string of the molecule is CC(C)CC(=O)Oc1ccc(C[C@H](N)C(N)=O)cc1OC(=O)CC(C)C.Cl. The molecule has 0 heterocycles. The van der Waals surface area contributed by atoms with Crippen LogP contribution in [0.5, 0.6) is 11.5 Å². The number of hydrogen-bond donors (Lipinski definition) is 2. The van der Waals surface area contributed by atoms with Crippen LogP contribution in [0, 0.1) is 11.8 Å². The van der Waals surface area contributed by atoms with Gasteiger partial charge >= 0.3 is 11.9 Å². The molecule has 0 bridgehead atoms. The Hall–Kier alpha value is -2.12. The van der Waals surface area contributed by atoms with Gasteiger partial charge in [0, 0.05) is 12.8 Å². The van der Waals surface area contributed by atoms with Crippen LogP contribution in [0.2, 0.25) is 0 Å². The van der Waals surface area contributed by atoms with Crippen molar-refractivity contribution in [1.29, 1.82) is 0 Å². The van der Waals surface area contributed by atoms with Gasteiger partial charge in [-0.3, -0.25) is 14.4 Å². The standard InChI is InChI=1S/C19H28N2O5.ClH/c1-11(2)7-17(22)25-15-6-5-13(9-14(20)19(21)24)10-16(15)26-18(23)8-12(3)4;/h5-6,10-12,14H,7-9,20H2,1-4H3,(H2,21,24);1H/t14-;/m0./s1. The van der Waals surface area contributed by atoms with Gasteiger partial charge in [-0.1, -0.05) is 33.8 Å². The van der Waals surface area contributed by atoms with Crippen molar-refractivity contribution in [3.8, 4) is 11.5 Å². The van der Waals surface area contributed by atoms with E-state index >= 15 is 0 Å². The van der Waals surface area contributed by atoms with E-state index in [1.54, 1.807) is 12.1 Å². The van der Waals surface area contributed by atoms with E-state index < -0.39 is 23.9 Å². The van der Waals surface area contributed by atoms with E-state index in [1.165, 1.54) is 6.07 Å². The fourth-order valence-corrected chi connectivity index (χ4v) is 2.19. The predicted molar refractivity (Wildman–Crippen MR) is 105 cm³/mol. The molecule has 1 atom stereocenters. The van der Waals surface area contributed by atoms with Crippen LogP contribution in [0.3, 0.4) is 0 Å². The molecule has 1 rings (SSSR count). The Morgan fingerprint density at radius 2 is 1.41 bits per heavy atom. The number of primary amides is 1. The summed E-state index contributed by atoms with van der Waals surface area (Å²) in [4.78, 5) is 35.1. The van der Waals surface area contributed by atoms with E-state index in [0.29, 0.717) is 5.56 Å². The van der Waals surface area contributed by atoms with Crippen LogP contribution in [-0.2, 0) is 20.8 Å². The summed E-state index contributed by atoms with van der Waals surface area (Å²) in [5, 5.41) is 0. The lowest BCUT2D eigenvalue weighted by Crippen LogP contribution is -2.38. The van der Waals surface area contributed by atoms with E-state index in [2.05, 4.69) is 0 Å². The molecule has 4 N–H and O–H groups in total. The summed E-state index contributed by atoms with van der Waals surface area (Å²) >= 11 is 0. The molecule has 0 radical (unpaired) electrons. The number of esters is 2. The van der Waals surface area contributed by atoms with Crippen molar-refractivity contribution in [2.75, 3.05) is 0 Å². The maximum Gasteiger partial charge on any atom is 0.311 e. The maximum absolute atomic E-state index is 12.0. The average Bonchev–Trinajstić information content (AvgIpc) is 2.47. The van der Waals surface area contributed by atoms with E-state index in [9.17, 15) is 14.4 Å². The molecule has 7 nitrogen and oxygen atoms in total. The van der Waals surface area contributed by atoms with Gasteiger partial charge in [0.05, 0.1) is 6.04 Å². The third-order valence-electron chi connectivity index (χ3n) is 3.43. The number of halogens is 1. The Balaban J connectivity index is 0.00000676. The van der Waals surface area contributed by atoms with Crippen molar-refractivity contribution in [2.24, 2.45) is 23.3 Å². The van der Waals surface area contributed by atoms with Crippen LogP contribution in [-0.4, -0.2) is 23.9 Å². The number of rotatable bonds is 9. The van der Waals surface area contributed by atoms with Crippen LogP contribution >= 0.6 is 12.4 Å². The molecule has 0 aliphatic heterocycles. The zero-order chi connectivity index (χ0) is 19.9. The molecule has 0 fully saturated rings. The Bertz CT molecular complexity index is 662. The van der Waals surface area contributed by atoms with E-state index in [1.807, 2.05) is 27.7 Å². The monoisotopic (exact) mass is 400 g/mol. The zero-order valence-corrected chi connectivity index (χ0v) is 17.0. The second kappa shape index (κ2) is 11.6. The molecule has 8 heteroatoms. The van der Waals surface area contributed by atoms with Gasteiger partial charge in [-0.2, -0.15) is 0 Å². The van der Waals surface area contributed by atoms with Gasteiger partial charge in [-0.05, 0) is 36.0 Å². The number of ether oxygens (including phenoxy) is 2. The van der Waals surface area contributed by atoms with Gasteiger partial charge in [0.1, 0.15) is 0 Å². The summed E-state index contributed by atoms with van der Waals surface area (Å²) in [7, 11) is 0. The molecule has 1 amide bonds. The molecule has 0 saturated heterocycles. The molecule has 0 saturated carbocycles. The molecule has 0 aliphatic carbocycles. The quantitative estimate of drug-likeness (QED) is 0.484. The number of carbonyl (C=O) groups is 3. The first-order valence-corrected chi connectivity index (χ1v) is 8.67. The highest BCUT2D eigenvalue weighted by molar-refractivity contribution is 5.85. The lowest BCUT2D eigenvalue weighted by atomic mass is 10.1. The molecule has 1 aromatic carbocycles. The first kappa shape index (κ1) is 24.9. The maximum atomic E-state index is 12.0. The highest BCUT2D eigenvalue weighted by Crippen LogP contribution is 2.30. The highest BCUT2D eigenvalue weighted by Gasteiger charge is 2.18. The van der Waals surface area contributed by atoms with E-state index in [-0.39, 0.29) is 55.0 Å². The first-order chi connectivity index (χ1) is 12.1. The number of nitrogens with two attached hydrogens (primary N) is 2. The number of amides is 1. The lowest BCUT2D eigenvalue weighted by molar-refractivity contribution is -0.138. The van der Waals surface area contributed by atoms with Gasteiger partial charge in [-0.15, -0.1) is 12.4 Å². The summed E-state index contributed by atoms with van der Waals surface area (Å²) in [6.45, 7) is 7.60. The molecular formula is C19H29ClN2O5. The number of carbonyl (C=O) groups excluding carboxylic acids is 3. The summed E-state index contributed by atoms with van der Waals surface area (Å²) in [5.41, 5.74) is 11.5. The number of hydrogen-bond acceptors (Lipinski definition) is 6. The Morgan fingerprint density at radius 1 is 0.926 bits per heavy atom. The minimum absolute atomic E-state index is 0. The molecule has 27 heavy (non-hydrogen) atoms. The Kier molecular flexibility index (Phi) is 10.7. The molecular weight excluding hydrogens is 372 g/mol. The molecule has 0 aliphatic rings. The molecule has 0 unspecified atom stereocenters. The van der Waals surface area contributed by atoms with Crippen molar-refractivity contribution < 1.29 is 23.9 Å². The highest BCUT2D eigenvalue weighted by atomic mass is 35.5. The van der Waals surface area contributed by atoms with Crippen molar-refractivity contribution in [3.05, 3.63) is 23.8 Å². The van der Waals surface area contributed by atoms with Crippen molar-refractivity contribution in [2.45, 2.75) is 53.0 Å². The normalized spacial score (nSPS) is 11.7. The van der Waals surface area contributed by atoms with E-state index in [4.69, 9.17) is 20.9 Å². The third-order valence-corrected chi connectivity index (χ3v) is 3.43. The van der Waals surface area contributed by atoms with E-state index in [0.717, 1.165) is 0 Å². The van der Waals surface area contributed by atoms with Crippen LogP contribution in [0.25, 0.3) is 0 Å². The molecule has 0 aromatic heterocycles. The largest absolute Gasteiger partial charge is 0.423 e. The van der Waals surface area contributed by atoms with Crippen LogP contribution in [0.15, 0.2) is 18.2 Å². The third kappa shape index (κ3) is 9.40. The van der Waals surface area contributed by atoms with Gasteiger partial charge in [0.25, 0.3) is 0 Å². The van der Waals surface area contributed by atoms with Crippen LogP contribution in [0.1, 0.15) is 46.1 Å². The summed E-state index contributed by atoms with van der Waals surface area (Å²) in [6, 6.07) is 3.86. The molecule has 1 aromatic rings. The van der Waals surface area contributed by atoms with Gasteiger partial charge < -0.3 is 20.9 Å². The van der Waals surface area contributed by atoms with Gasteiger partial charge in [0.15, 0.2) is 11.5 Å². The zero-order valence-electron chi connectivity index (χ0n) is 16.2. The predicted octanol–water partition coefficient (Wildman–Crippen LogP) is 2.37. The Labute approximate surface area is 166 Å². The Morgan fingerprint density at radius 3 is 1.85 bits per heavy atom. The van der Waals surface area contributed by atoms with Crippen molar-refractivity contribution in [3.63, 3.8) is 0 Å². The fraction of sp³-hybridized carbons (Fsp3) is 0.526. The van der Waals surface area contributed by atoms with Crippen LogP contribution < -0.4 is 20.9 Å². The fourth-order valence-electron chi connectivity index (χ4n) is 2.19. The minimum Gasteiger partial charge on any atom is -0.423 e. The lowest BCUT2D eigenvalue weighted by Gasteiger charge is -2.14. The molecule has 152 valence electrons. The summed E-state index contributed by atoms with van der Waals surface area (Å²) in [5.74, 6) is -0.926. The average molecular weight is 401 g/mol. The summed E-state index contributed by atoms with van der Waals surface area (Å²) in [6.07, 6.45) is 0.655. The second-order valence-corrected chi connectivity index (χ2v) is 7.14. The van der Waals surface area contributed by atoms with Crippen molar-refractivity contribution in [1.82, 2.24) is 0 Å². The topological polar surface area (TPSA) is 122 Å². The first-order valence-electron chi connectivity index (χ1n) is 8.67. The van der Waals surface area contributed by atoms with Crippen LogP contribution in [0.4, 0.5) is 0 Å². The van der Waals surface area contributed by atoms with Crippen molar-refractivity contribution >= 4 is 30.3 Å². The summed E-state index contributed by atoms with van der Waals surface area (Å²) < 4.78 is 10.7. The second-order valence-electron chi connectivity index (χ2n) is 7.14. The van der Waals surface area contributed by atoms with Gasteiger partial charge in [-0.25, -0.2) is 0 Å². The number of benzene rings is 1. The smallest absolute Gasteiger partial charge is 0.311 e. The molecule has 0 spiro atoms. The minimum atomic E-state index is -0.858.